The number of β-amino-alcohol motifs (C(OH)–C–C–N with tert-alkyl or cyclic N) is 1. The Bertz CT molecular complexity index is 1390. The molecular formula is C28H39N7O6. The second-order valence-corrected chi connectivity index (χ2v) is 10.3. The number of aryl methyl sites for hydroxylation is 1. The predicted molar refractivity (Wildman–Crippen MR) is 152 cm³/mol. The minimum absolute atomic E-state index is 0.0674. The summed E-state index contributed by atoms with van der Waals surface area (Å²) in [5.74, 6) is -0.249. The van der Waals surface area contributed by atoms with Gasteiger partial charge in [0, 0.05) is 32.7 Å². The normalized spacial score (nSPS) is 15.3. The second kappa shape index (κ2) is 14.1. The number of aliphatic hydroxyl groups is 1. The van der Waals surface area contributed by atoms with Crippen molar-refractivity contribution in [3.63, 3.8) is 0 Å². The number of fused-ring (bicyclic) bond motifs is 1. The number of aliphatic hydroxyl groups excluding tert-OH is 1. The van der Waals surface area contributed by atoms with Crippen molar-refractivity contribution in [1.82, 2.24) is 29.3 Å². The van der Waals surface area contributed by atoms with Crippen LogP contribution in [0.15, 0.2) is 29.1 Å². The molecular weight excluding hydrogens is 530 g/mol. The highest BCUT2D eigenvalue weighted by molar-refractivity contribution is 5.82. The van der Waals surface area contributed by atoms with Gasteiger partial charge in [-0.05, 0) is 30.4 Å². The fourth-order valence-electron chi connectivity index (χ4n) is 4.79. The van der Waals surface area contributed by atoms with E-state index in [1.807, 2.05) is 36.1 Å². The van der Waals surface area contributed by atoms with Crippen LogP contribution >= 0.6 is 0 Å². The van der Waals surface area contributed by atoms with Crippen molar-refractivity contribution in [1.29, 1.82) is 0 Å². The predicted octanol–water partition coefficient (Wildman–Crippen LogP) is 1.08. The van der Waals surface area contributed by atoms with Crippen LogP contribution in [0.4, 0.5) is 5.82 Å². The maximum atomic E-state index is 13.4. The Morgan fingerprint density at radius 2 is 1.95 bits per heavy atom. The van der Waals surface area contributed by atoms with Gasteiger partial charge in [0.2, 0.25) is 5.91 Å². The van der Waals surface area contributed by atoms with Crippen LogP contribution in [0.5, 0.6) is 6.01 Å². The maximum Gasteiger partial charge on any atom is 0.327 e. The number of benzene rings is 1. The Balaban J connectivity index is 1.47. The molecule has 0 radical (unpaired) electrons. The molecule has 4 rings (SSSR count). The molecule has 13 nitrogen and oxygen atoms in total. The lowest BCUT2D eigenvalue weighted by atomic mass is 10.1. The second-order valence-electron chi connectivity index (χ2n) is 10.3. The number of nitrogens with zero attached hydrogens (tertiary/aromatic N) is 5. The van der Waals surface area contributed by atoms with Crippen molar-refractivity contribution >= 4 is 28.9 Å². The number of likely N-dealkylation sites (tertiary alicyclic amines) is 1. The van der Waals surface area contributed by atoms with E-state index in [1.54, 1.807) is 4.90 Å². The number of carbonyl (C=O) groups is 2. The number of hydrogen-bond donors (Lipinski definition) is 3. The molecule has 0 bridgehead atoms. The molecule has 41 heavy (non-hydrogen) atoms. The molecule has 1 fully saturated rings. The highest BCUT2D eigenvalue weighted by Crippen LogP contribution is 2.19. The Morgan fingerprint density at radius 1 is 1.20 bits per heavy atom. The monoisotopic (exact) mass is 569 g/mol. The average molecular weight is 570 g/mol. The van der Waals surface area contributed by atoms with Gasteiger partial charge < -0.3 is 30.2 Å². The number of ether oxygens (including phenoxy) is 2. The maximum absolute atomic E-state index is 13.4. The van der Waals surface area contributed by atoms with Gasteiger partial charge in [0.15, 0.2) is 11.5 Å². The van der Waals surface area contributed by atoms with Crippen molar-refractivity contribution in [3.8, 4) is 6.01 Å². The summed E-state index contributed by atoms with van der Waals surface area (Å²) in [6.07, 6.45) is 2.69. The third kappa shape index (κ3) is 8.04. The van der Waals surface area contributed by atoms with Gasteiger partial charge in [-0.25, -0.2) is 4.79 Å². The number of H-pyrrole nitrogens is 1. The van der Waals surface area contributed by atoms with Crippen LogP contribution in [-0.2, 0) is 33.8 Å². The molecule has 13 heteroatoms. The van der Waals surface area contributed by atoms with Gasteiger partial charge in [0.05, 0.1) is 32.8 Å². The zero-order valence-corrected chi connectivity index (χ0v) is 23.7. The lowest BCUT2D eigenvalue weighted by molar-refractivity contribution is -0.139. The number of anilines is 1. The first-order chi connectivity index (χ1) is 19.8. The third-order valence-electron chi connectivity index (χ3n) is 7.10. The largest absolute Gasteiger partial charge is 0.469 e. The van der Waals surface area contributed by atoms with Crippen LogP contribution in [0.25, 0.3) is 11.2 Å². The van der Waals surface area contributed by atoms with Crippen LogP contribution < -0.4 is 16.2 Å². The number of carbonyl (C=O) groups excluding carboxylic acids is 2. The van der Waals surface area contributed by atoms with E-state index < -0.39 is 6.10 Å². The fraction of sp³-hybridized carbons (Fsp3) is 0.536. The van der Waals surface area contributed by atoms with Crippen LogP contribution in [0.1, 0.15) is 43.7 Å². The Kier molecular flexibility index (Phi) is 10.3. The van der Waals surface area contributed by atoms with E-state index in [4.69, 9.17) is 15.2 Å². The molecule has 1 saturated heterocycles. The lowest BCUT2D eigenvalue weighted by Crippen LogP contribution is -2.40. The van der Waals surface area contributed by atoms with Gasteiger partial charge in [-0.2, -0.15) is 9.97 Å². The standard InChI is InChI=1S/C28H39N7O6/c1-3-4-14-41-27-31-25(29)24-26(32-27)35(28(39)30-24)12-5-11-34(22(37)18-33-13-10-21(36)17-33)16-20-8-6-19(7-9-20)15-23(38)40-2/h6-9,21,36H,3-5,10-18H2,1-2H3,(H,30,39)(H2,29,31,32)/t21-/m1/s1. The number of amides is 1. The highest BCUT2D eigenvalue weighted by atomic mass is 16.5. The average Bonchev–Trinajstić information content (AvgIpc) is 3.51. The van der Waals surface area contributed by atoms with Crippen LogP contribution in [0, 0.1) is 0 Å². The summed E-state index contributed by atoms with van der Waals surface area (Å²) in [7, 11) is 1.35. The summed E-state index contributed by atoms with van der Waals surface area (Å²) in [5, 5.41) is 9.89. The Labute approximate surface area is 238 Å². The van der Waals surface area contributed by atoms with Gasteiger partial charge in [0.1, 0.15) is 5.52 Å². The number of nitrogens with two attached hydrogens (primary N) is 1. The number of rotatable bonds is 14. The number of nitrogens with one attached hydrogen (secondary N) is 1. The van der Waals surface area contributed by atoms with Crippen LogP contribution in [-0.4, -0.2) is 92.3 Å². The quantitative estimate of drug-likeness (QED) is 0.189. The SMILES string of the molecule is CCCCOc1nc(N)c2[nH]c(=O)n(CCCN(Cc3ccc(CC(=O)OC)cc3)C(=O)CN3CC[C@@H](O)C3)c2n1. The van der Waals surface area contributed by atoms with Crippen LogP contribution in [0.2, 0.25) is 0 Å². The van der Waals surface area contributed by atoms with E-state index in [-0.39, 0.29) is 42.4 Å². The first-order valence-corrected chi connectivity index (χ1v) is 14.0. The number of methoxy groups -OCH3 is 1. The van der Waals surface area contributed by atoms with Gasteiger partial charge >= 0.3 is 17.7 Å². The Hall–Kier alpha value is -3.97. The Morgan fingerprint density at radius 3 is 2.63 bits per heavy atom. The molecule has 1 atom stereocenters. The lowest BCUT2D eigenvalue weighted by Gasteiger charge is -2.26. The first-order valence-electron chi connectivity index (χ1n) is 14.0. The smallest absolute Gasteiger partial charge is 0.327 e. The van der Waals surface area contributed by atoms with Crippen molar-refractivity contribution in [2.24, 2.45) is 0 Å². The summed E-state index contributed by atoms with van der Waals surface area (Å²) in [6.45, 7) is 4.88. The van der Waals surface area contributed by atoms with Gasteiger partial charge in [-0.1, -0.05) is 37.6 Å². The van der Waals surface area contributed by atoms with E-state index >= 15 is 0 Å². The molecule has 1 aromatic carbocycles. The molecule has 0 aliphatic carbocycles. The number of imidazole rings is 1. The minimum atomic E-state index is -0.419. The summed E-state index contributed by atoms with van der Waals surface area (Å²) < 4.78 is 11.8. The summed E-state index contributed by atoms with van der Waals surface area (Å²) in [5.41, 5.74) is 8.14. The molecule has 0 spiro atoms. The van der Waals surface area contributed by atoms with Crippen molar-refractivity contribution in [3.05, 3.63) is 45.9 Å². The summed E-state index contributed by atoms with van der Waals surface area (Å²) >= 11 is 0. The fourth-order valence-corrected chi connectivity index (χ4v) is 4.79. The van der Waals surface area contributed by atoms with Crippen LogP contribution in [0.3, 0.4) is 0 Å². The molecule has 0 saturated carbocycles. The first kappa shape index (κ1) is 30.0. The van der Waals surface area contributed by atoms with E-state index in [0.29, 0.717) is 63.3 Å². The minimum Gasteiger partial charge on any atom is -0.469 e. The van der Waals surface area contributed by atoms with E-state index in [2.05, 4.69) is 15.0 Å². The van der Waals surface area contributed by atoms with E-state index in [9.17, 15) is 19.5 Å². The van der Waals surface area contributed by atoms with Crippen molar-refractivity contribution in [2.75, 3.05) is 45.6 Å². The summed E-state index contributed by atoms with van der Waals surface area (Å²) in [4.78, 5) is 52.7. The molecule has 222 valence electrons. The zero-order valence-electron chi connectivity index (χ0n) is 23.7. The third-order valence-corrected chi connectivity index (χ3v) is 7.10. The highest BCUT2D eigenvalue weighted by Gasteiger charge is 2.25. The molecule has 0 unspecified atom stereocenters. The van der Waals surface area contributed by atoms with Gasteiger partial charge in [-0.3, -0.25) is 19.1 Å². The van der Waals surface area contributed by atoms with E-state index in [0.717, 1.165) is 24.0 Å². The molecule has 4 N–H and O–H groups in total. The topological polar surface area (TPSA) is 169 Å². The summed E-state index contributed by atoms with van der Waals surface area (Å²) in [6, 6.07) is 7.60. The number of aromatic amines is 1. The molecule has 2 aromatic heterocycles. The molecule has 3 aromatic rings. The molecule has 1 aliphatic heterocycles. The molecule has 3 heterocycles. The zero-order chi connectivity index (χ0) is 29.4. The van der Waals surface area contributed by atoms with Gasteiger partial charge in [0.25, 0.3) is 0 Å². The number of esters is 1. The number of aromatic nitrogens is 4. The van der Waals surface area contributed by atoms with Crippen molar-refractivity contribution < 1.29 is 24.2 Å². The molecule has 1 amide bonds. The number of unbranched alkanes of at least 4 members (excludes halogenated alkanes) is 1. The number of hydrogen-bond acceptors (Lipinski definition) is 10. The number of nitrogen functional groups attached to an aromatic ring is 1. The van der Waals surface area contributed by atoms with E-state index in [1.165, 1.54) is 11.7 Å². The van der Waals surface area contributed by atoms with Crippen molar-refractivity contribution in [2.45, 2.75) is 58.2 Å². The molecule has 1 aliphatic rings. The van der Waals surface area contributed by atoms with Gasteiger partial charge in [-0.15, -0.1) is 0 Å².